The van der Waals surface area contributed by atoms with Gasteiger partial charge in [-0.25, -0.2) is 4.98 Å². The van der Waals surface area contributed by atoms with Crippen molar-refractivity contribution in [1.29, 1.82) is 0 Å². The smallest absolute Gasteiger partial charge is 0.403 e. The molecule has 0 saturated heterocycles. The number of nitrogens with zero attached hydrogens (tertiary/aromatic N) is 2. The highest BCUT2D eigenvalue weighted by molar-refractivity contribution is 6.10. The molecular weight excluding hydrogens is 355 g/mol. The molecule has 0 spiro atoms. The number of alkyl halides is 3. The van der Waals surface area contributed by atoms with Gasteiger partial charge >= 0.3 is 6.36 Å². The first-order valence-electron chi connectivity index (χ1n) is 8.32. The Morgan fingerprint density at radius 1 is 1.00 bits per heavy atom. The molecule has 7 heteroatoms. The maximum atomic E-state index is 12.8. The lowest BCUT2D eigenvalue weighted by Gasteiger charge is -2.15. The van der Waals surface area contributed by atoms with Crippen molar-refractivity contribution in [2.45, 2.75) is 13.3 Å². The molecule has 0 aliphatic heterocycles. The second-order valence-corrected chi connectivity index (χ2v) is 6.15. The first kappa shape index (κ1) is 17.2. The van der Waals surface area contributed by atoms with Crippen LogP contribution in [0.1, 0.15) is 5.56 Å². The van der Waals surface area contributed by atoms with E-state index in [0.29, 0.717) is 11.2 Å². The normalized spacial score (nSPS) is 11.9. The van der Waals surface area contributed by atoms with Gasteiger partial charge in [-0.05, 0) is 30.7 Å². The maximum Gasteiger partial charge on any atom is 0.573 e. The SMILES string of the molecule is CNc1nc2c(OC(F)(F)F)cccc2c2c1ccn2-c1ccccc1C. The Hall–Kier alpha value is -3.22. The molecule has 138 valence electrons. The van der Waals surface area contributed by atoms with Crippen molar-refractivity contribution in [3.8, 4) is 11.4 Å². The minimum absolute atomic E-state index is 0.153. The first-order valence-corrected chi connectivity index (χ1v) is 8.32. The van der Waals surface area contributed by atoms with Crippen molar-refractivity contribution in [3.05, 3.63) is 60.3 Å². The number of anilines is 1. The molecule has 0 unspecified atom stereocenters. The summed E-state index contributed by atoms with van der Waals surface area (Å²) >= 11 is 0. The lowest BCUT2D eigenvalue weighted by molar-refractivity contribution is -0.274. The molecule has 0 atom stereocenters. The van der Waals surface area contributed by atoms with E-state index in [1.807, 2.05) is 48.0 Å². The number of hydrogen-bond donors (Lipinski definition) is 1. The summed E-state index contributed by atoms with van der Waals surface area (Å²) < 4.78 is 44.7. The van der Waals surface area contributed by atoms with Crippen LogP contribution in [0.5, 0.6) is 5.75 Å². The van der Waals surface area contributed by atoms with Gasteiger partial charge in [0.25, 0.3) is 0 Å². The van der Waals surface area contributed by atoms with Crippen LogP contribution in [0.25, 0.3) is 27.5 Å². The summed E-state index contributed by atoms with van der Waals surface area (Å²) in [6.45, 7) is 1.99. The van der Waals surface area contributed by atoms with Crippen LogP contribution in [0.3, 0.4) is 0 Å². The second kappa shape index (κ2) is 6.19. The molecule has 0 bridgehead atoms. The number of aryl methyl sites for hydroxylation is 1. The predicted molar refractivity (Wildman–Crippen MR) is 99.5 cm³/mol. The Balaban J connectivity index is 2.09. The molecule has 1 N–H and O–H groups in total. The van der Waals surface area contributed by atoms with Crippen LogP contribution in [-0.2, 0) is 0 Å². The molecule has 27 heavy (non-hydrogen) atoms. The van der Waals surface area contributed by atoms with E-state index in [4.69, 9.17) is 0 Å². The highest BCUT2D eigenvalue weighted by Gasteiger charge is 2.32. The molecule has 2 aromatic heterocycles. The average Bonchev–Trinajstić information content (AvgIpc) is 3.06. The van der Waals surface area contributed by atoms with Gasteiger partial charge in [0.2, 0.25) is 0 Å². The third-order valence-corrected chi connectivity index (χ3v) is 4.46. The number of ether oxygens (including phenoxy) is 1. The Kier molecular flexibility index (Phi) is 3.95. The van der Waals surface area contributed by atoms with Crippen LogP contribution in [0.4, 0.5) is 19.0 Å². The standard InChI is InChI=1S/C20H16F3N3O/c1-12-6-3-4-8-15(12)26-11-10-14-18(26)13-7-5-9-16(27-20(21,22)23)17(13)25-19(14)24-2/h3-11H,1-2H3,(H,24,25). The second-order valence-electron chi connectivity index (χ2n) is 6.15. The summed E-state index contributed by atoms with van der Waals surface area (Å²) in [5, 5.41) is 4.37. The molecule has 4 nitrogen and oxygen atoms in total. The Labute approximate surface area is 153 Å². The number of pyridine rings is 1. The van der Waals surface area contributed by atoms with Gasteiger partial charge in [0, 0.05) is 29.7 Å². The highest BCUT2D eigenvalue weighted by Crippen LogP contribution is 2.37. The number of rotatable bonds is 3. The Bertz CT molecular complexity index is 1150. The molecule has 2 aromatic carbocycles. The zero-order valence-corrected chi connectivity index (χ0v) is 14.6. The van der Waals surface area contributed by atoms with Gasteiger partial charge in [0.05, 0.1) is 5.52 Å². The zero-order valence-electron chi connectivity index (χ0n) is 14.6. The van der Waals surface area contributed by atoms with Gasteiger partial charge in [-0.1, -0.05) is 30.3 Å². The quantitative estimate of drug-likeness (QED) is 0.522. The van der Waals surface area contributed by atoms with Gasteiger partial charge in [-0.2, -0.15) is 0 Å². The molecule has 0 saturated carbocycles. The minimum Gasteiger partial charge on any atom is -0.403 e. The van der Waals surface area contributed by atoms with Gasteiger partial charge in [-0.3, -0.25) is 0 Å². The third-order valence-electron chi connectivity index (χ3n) is 4.46. The summed E-state index contributed by atoms with van der Waals surface area (Å²) in [4.78, 5) is 4.39. The molecule has 0 fully saturated rings. The van der Waals surface area contributed by atoms with E-state index in [1.165, 1.54) is 6.07 Å². The number of benzene rings is 2. The lowest BCUT2D eigenvalue weighted by atomic mass is 10.1. The highest BCUT2D eigenvalue weighted by atomic mass is 19.4. The number of fused-ring (bicyclic) bond motifs is 3. The molecule has 4 rings (SSSR count). The number of hydrogen-bond acceptors (Lipinski definition) is 3. The fourth-order valence-electron chi connectivity index (χ4n) is 3.33. The summed E-state index contributed by atoms with van der Waals surface area (Å²) in [5.74, 6) is 0.166. The largest absolute Gasteiger partial charge is 0.573 e. The van der Waals surface area contributed by atoms with Crippen LogP contribution in [-0.4, -0.2) is 23.0 Å². The summed E-state index contributed by atoms with van der Waals surface area (Å²) in [6.07, 6.45) is -2.89. The fourth-order valence-corrected chi connectivity index (χ4v) is 3.33. The Morgan fingerprint density at radius 3 is 2.48 bits per heavy atom. The summed E-state index contributed by atoms with van der Waals surface area (Å²) in [7, 11) is 1.69. The molecule has 0 aliphatic carbocycles. The van der Waals surface area contributed by atoms with Crippen molar-refractivity contribution < 1.29 is 17.9 Å². The van der Waals surface area contributed by atoms with E-state index >= 15 is 0 Å². The van der Waals surface area contributed by atoms with E-state index in [1.54, 1.807) is 19.2 Å². The Morgan fingerprint density at radius 2 is 1.78 bits per heavy atom. The van der Waals surface area contributed by atoms with E-state index in [-0.39, 0.29) is 11.3 Å². The van der Waals surface area contributed by atoms with E-state index in [9.17, 15) is 13.2 Å². The van der Waals surface area contributed by atoms with Gasteiger partial charge in [0.15, 0.2) is 5.75 Å². The van der Waals surface area contributed by atoms with Crippen molar-refractivity contribution in [2.24, 2.45) is 0 Å². The predicted octanol–water partition coefficient (Wildman–Crippen LogP) is 5.43. The third kappa shape index (κ3) is 2.95. The van der Waals surface area contributed by atoms with Crippen LogP contribution in [0.2, 0.25) is 0 Å². The minimum atomic E-state index is -4.79. The van der Waals surface area contributed by atoms with Crippen molar-refractivity contribution >= 4 is 27.6 Å². The first-order chi connectivity index (χ1) is 12.9. The van der Waals surface area contributed by atoms with Gasteiger partial charge < -0.3 is 14.6 Å². The molecule has 4 aromatic rings. The van der Waals surface area contributed by atoms with Crippen molar-refractivity contribution in [2.75, 3.05) is 12.4 Å². The average molecular weight is 371 g/mol. The van der Waals surface area contributed by atoms with Crippen LogP contribution < -0.4 is 10.1 Å². The zero-order chi connectivity index (χ0) is 19.2. The fraction of sp³-hybridized carbons (Fsp3) is 0.150. The van der Waals surface area contributed by atoms with Crippen molar-refractivity contribution in [3.63, 3.8) is 0 Å². The molecule has 0 amide bonds. The van der Waals surface area contributed by atoms with E-state index in [0.717, 1.165) is 22.2 Å². The number of nitrogens with one attached hydrogen (secondary N) is 1. The number of para-hydroxylation sites is 2. The van der Waals surface area contributed by atoms with E-state index in [2.05, 4.69) is 15.0 Å². The molecule has 0 aliphatic rings. The van der Waals surface area contributed by atoms with Crippen LogP contribution in [0.15, 0.2) is 54.7 Å². The maximum absolute atomic E-state index is 12.8. The van der Waals surface area contributed by atoms with E-state index < -0.39 is 6.36 Å². The molecular formula is C20H16F3N3O. The molecule has 0 radical (unpaired) electrons. The summed E-state index contributed by atoms with van der Waals surface area (Å²) in [6, 6.07) is 14.3. The molecule has 2 heterocycles. The van der Waals surface area contributed by atoms with Crippen molar-refractivity contribution in [1.82, 2.24) is 9.55 Å². The summed E-state index contributed by atoms with van der Waals surface area (Å²) in [5.41, 5.74) is 2.92. The van der Waals surface area contributed by atoms with Crippen LogP contribution >= 0.6 is 0 Å². The monoisotopic (exact) mass is 371 g/mol. The lowest BCUT2D eigenvalue weighted by Crippen LogP contribution is -2.17. The van der Waals surface area contributed by atoms with Crippen LogP contribution in [0, 0.1) is 6.92 Å². The topological polar surface area (TPSA) is 39.1 Å². The number of aromatic nitrogens is 2. The van der Waals surface area contributed by atoms with Gasteiger partial charge in [-0.15, -0.1) is 13.2 Å². The van der Waals surface area contributed by atoms with Gasteiger partial charge in [0.1, 0.15) is 11.3 Å². The number of halogens is 3.